The average molecular weight is 284 g/mol. The average Bonchev–Trinajstić information content (AvgIpc) is 2.56. The first-order chi connectivity index (χ1) is 5.84. The second-order valence-electron chi connectivity index (χ2n) is 3.11. The number of hydrogen-bond donors (Lipinski definition) is 0. The molecule has 0 spiro atoms. The molecule has 1 atom stereocenters. The van der Waals surface area contributed by atoms with Gasteiger partial charge in [0.15, 0.2) is 0 Å². The molecule has 15 heavy (non-hydrogen) atoms. The third-order valence-electron chi connectivity index (χ3n) is 2.03. The van der Waals surface area contributed by atoms with Crippen LogP contribution in [-0.2, 0) is 26.5 Å². The summed E-state index contributed by atoms with van der Waals surface area (Å²) >= 11 is 0. The smallest absolute Gasteiger partial charge is 1.00 e. The molecule has 0 aromatic heterocycles. The van der Waals surface area contributed by atoms with E-state index < -0.39 is 0 Å². The number of halogens is 2. The van der Waals surface area contributed by atoms with Crippen molar-refractivity contribution >= 4 is 0 Å². The minimum absolute atomic E-state index is 0. The Balaban J connectivity index is -0.000000480. The van der Waals surface area contributed by atoms with Crippen LogP contribution in [0.4, 0.5) is 0 Å². The second kappa shape index (κ2) is 12.8. The van der Waals surface area contributed by atoms with E-state index in [1.165, 1.54) is 12.0 Å². The van der Waals surface area contributed by atoms with Crippen molar-refractivity contribution in [3.8, 4) is 0 Å². The topological polar surface area (TPSA) is 9.23 Å². The zero-order valence-electron chi connectivity index (χ0n) is 9.22. The Morgan fingerprint density at radius 2 is 2.13 bits per heavy atom. The molecule has 0 fully saturated rings. The van der Waals surface area contributed by atoms with Crippen molar-refractivity contribution in [2.45, 2.75) is 39.2 Å². The van der Waals surface area contributed by atoms with E-state index in [9.17, 15) is 0 Å². The van der Waals surface area contributed by atoms with Crippen molar-refractivity contribution in [1.29, 1.82) is 0 Å². The summed E-state index contributed by atoms with van der Waals surface area (Å²) in [5, 5.41) is 0. The minimum Gasteiger partial charge on any atom is -1.00 e. The van der Waals surface area contributed by atoms with Crippen molar-refractivity contribution < 1.29 is 51.3 Å². The summed E-state index contributed by atoms with van der Waals surface area (Å²) in [6.07, 6.45) is 11.0. The molecule has 4 heteroatoms. The fourth-order valence-electron chi connectivity index (χ4n) is 1.20. The van der Waals surface area contributed by atoms with E-state index in [1.54, 1.807) is 0 Å². The first-order valence-corrected chi connectivity index (χ1v) is 4.73. The van der Waals surface area contributed by atoms with Gasteiger partial charge in [-0.2, -0.15) is 11.6 Å². The molecule has 0 aromatic rings. The standard InChI is InChI=1S/C11H17O.2ClH.Ti/c1-3-4-9-12-10(2)11-7-5-6-8-11;;;/h5,7,10H,3-4,6,9H2,1-2H3;2*1H;/q-1;;;+3/p-2. The molecular weight excluding hydrogens is 267 g/mol. The first-order valence-electron chi connectivity index (χ1n) is 4.73. The number of rotatable bonds is 5. The summed E-state index contributed by atoms with van der Waals surface area (Å²) < 4.78 is 5.62. The quantitative estimate of drug-likeness (QED) is 0.295. The van der Waals surface area contributed by atoms with Crippen molar-refractivity contribution in [2.75, 3.05) is 6.61 Å². The Kier molecular flexibility index (Phi) is 18.0. The van der Waals surface area contributed by atoms with Crippen LogP contribution in [0.15, 0.2) is 17.7 Å². The molecule has 0 N–H and O–H groups in total. The van der Waals surface area contributed by atoms with Gasteiger partial charge in [-0.15, -0.1) is 6.42 Å². The van der Waals surface area contributed by atoms with E-state index in [0.29, 0.717) is 0 Å². The van der Waals surface area contributed by atoms with E-state index in [2.05, 4.69) is 32.1 Å². The zero-order chi connectivity index (χ0) is 8.81. The van der Waals surface area contributed by atoms with Crippen LogP contribution < -0.4 is 24.8 Å². The van der Waals surface area contributed by atoms with Gasteiger partial charge in [0, 0.05) is 12.7 Å². The molecule has 0 saturated carbocycles. The van der Waals surface area contributed by atoms with Gasteiger partial charge in [0.1, 0.15) is 0 Å². The number of unbranched alkanes of at least 4 members (excludes halogenated alkanes) is 1. The Morgan fingerprint density at radius 1 is 1.47 bits per heavy atom. The van der Waals surface area contributed by atoms with E-state index in [0.717, 1.165) is 19.4 Å². The van der Waals surface area contributed by atoms with Gasteiger partial charge < -0.3 is 29.6 Å². The van der Waals surface area contributed by atoms with E-state index in [4.69, 9.17) is 4.74 Å². The number of allylic oxidation sites excluding steroid dienone is 2. The SMILES string of the molecule is CCCCOC(C)C1=[C-]CC=C1.[Cl-].[Cl-].[Ti+3]. The predicted octanol–water partition coefficient (Wildman–Crippen LogP) is -3.11. The van der Waals surface area contributed by atoms with E-state index in [1.807, 2.05) is 0 Å². The van der Waals surface area contributed by atoms with Gasteiger partial charge in [0.2, 0.25) is 0 Å². The maximum Gasteiger partial charge on any atom is 3.00 e. The Bertz CT molecular complexity index is 193. The van der Waals surface area contributed by atoms with Crippen LogP contribution in [0.3, 0.4) is 0 Å². The molecule has 1 rings (SSSR count). The molecule has 1 aliphatic carbocycles. The van der Waals surface area contributed by atoms with Gasteiger partial charge in [-0.25, -0.2) is 6.08 Å². The van der Waals surface area contributed by atoms with Crippen LogP contribution >= 0.6 is 0 Å². The molecule has 85 valence electrons. The summed E-state index contributed by atoms with van der Waals surface area (Å²) in [4.78, 5) is 0. The molecule has 0 amide bonds. The van der Waals surface area contributed by atoms with E-state index >= 15 is 0 Å². The molecule has 0 aliphatic heterocycles. The maximum atomic E-state index is 5.62. The van der Waals surface area contributed by atoms with Gasteiger partial charge in [-0.3, -0.25) is 6.08 Å². The monoisotopic (exact) mass is 283 g/mol. The Hall–Kier alpha value is 0.734. The molecule has 0 heterocycles. The number of hydrogen-bond acceptors (Lipinski definition) is 1. The molecule has 0 aromatic carbocycles. The third kappa shape index (κ3) is 8.53. The predicted molar refractivity (Wildman–Crippen MR) is 50.8 cm³/mol. The van der Waals surface area contributed by atoms with Crippen LogP contribution in [0.1, 0.15) is 33.1 Å². The van der Waals surface area contributed by atoms with Gasteiger partial charge in [0.05, 0.1) is 0 Å². The molecule has 1 nitrogen and oxygen atoms in total. The summed E-state index contributed by atoms with van der Waals surface area (Å²) in [6, 6.07) is 0. The summed E-state index contributed by atoms with van der Waals surface area (Å²) in [6.45, 7) is 5.14. The number of ether oxygens (including phenoxy) is 1. The Morgan fingerprint density at radius 3 is 2.60 bits per heavy atom. The molecule has 0 bridgehead atoms. The van der Waals surface area contributed by atoms with Gasteiger partial charge in [-0.05, 0) is 13.3 Å². The third-order valence-corrected chi connectivity index (χ3v) is 2.03. The van der Waals surface area contributed by atoms with Gasteiger partial charge in [0.25, 0.3) is 0 Å². The first kappa shape index (κ1) is 21.1. The fourth-order valence-corrected chi connectivity index (χ4v) is 1.20. The second-order valence-corrected chi connectivity index (χ2v) is 3.11. The van der Waals surface area contributed by atoms with Crippen molar-refractivity contribution in [3.05, 3.63) is 23.8 Å². The van der Waals surface area contributed by atoms with Crippen LogP contribution in [0, 0.1) is 6.08 Å². The van der Waals surface area contributed by atoms with E-state index in [-0.39, 0.29) is 52.6 Å². The molecule has 1 radical (unpaired) electrons. The normalized spacial score (nSPS) is 14.4. The van der Waals surface area contributed by atoms with Crippen molar-refractivity contribution in [2.24, 2.45) is 0 Å². The maximum absolute atomic E-state index is 5.62. The van der Waals surface area contributed by atoms with Crippen molar-refractivity contribution in [3.63, 3.8) is 0 Å². The minimum atomic E-state index is 0. The van der Waals surface area contributed by atoms with Crippen molar-refractivity contribution in [1.82, 2.24) is 0 Å². The molecule has 0 saturated heterocycles. The van der Waals surface area contributed by atoms with Crippen LogP contribution in [0.25, 0.3) is 0 Å². The zero-order valence-corrected chi connectivity index (χ0v) is 12.3. The largest absolute Gasteiger partial charge is 3.00 e. The molecule has 1 aliphatic rings. The van der Waals surface area contributed by atoms with Gasteiger partial charge >= 0.3 is 21.7 Å². The molecule has 1 unspecified atom stereocenters. The molecular formula is C11H17Cl2OTi. The Labute approximate surface area is 120 Å². The van der Waals surface area contributed by atoms with Crippen LogP contribution in [0.5, 0.6) is 0 Å². The van der Waals surface area contributed by atoms with Gasteiger partial charge in [-0.1, -0.05) is 13.3 Å². The summed E-state index contributed by atoms with van der Waals surface area (Å²) in [7, 11) is 0. The fraction of sp³-hybridized carbons (Fsp3) is 0.636. The van der Waals surface area contributed by atoms with Crippen LogP contribution in [0.2, 0.25) is 0 Å². The summed E-state index contributed by atoms with van der Waals surface area (Å²) in [5.74, 6) is 0. The summed E-state index contributed by atoms with van der Waals surface area (Å²) in [5.41, 5.74) is 1.21. The van der Waals surface area contributed by atoms with Crippen LogP contribution in [-0.4, -0.2) is 12.7 Å².